The number of nitrogens with two attached hydrogens (primary N) is 1. The first-order chi connectivity index (χ1) is 16.5. The number of anilines is 2. The number of rotatable bonds is 3. The zero-order valence-electron chi connectivity index (χ0n) is 20.0. The Morgan fingerprint density at radius 2 is 1.74 bits per heavy atom. The zero-order valence-corrected chi connectivity index (χ0v) is 21.5. The van der Waals surface area contributed by atoms with E-state index in [4.69, 9.17) is 33.7 Å². The van der Waals surface area contributed by atoms with Crippen LogP contribution in [0.15, 0.2) is 36.4 Å². The molecule has 10 heteroatoms. The van der Waals surface area contributed by atoms with Crippen LogP contribution >= 0.6 is 23.2 Å². The van der Waals surface area contributed by atoms with Crippen LogP contribution in [0.1, 0.15) is 42.8 Å². The highest BCUT2D eigenvalue weighted by Crippen LogP contribution is 2.39. The summed E-state index contributed by atoms with van der Waals surface area (Å²) in [4.78, 5) is 31.8. The smallest absolute Gasteiger partial charge is 0.410 e. The van der Waals surface area contributed by atoms with E-state index in [9.17, 15) is 9.59 Å². The summed E-state index contributed by atoms with van der Waals surface area (Å²) in [6.45, 7) is 6.23. The van der Waals surface area contributed by atoms with E-state index >= 15 is 0 Å². The first-order valence-corrected chi connectivity index (χ1v) is 11.9. The number of benzene rings is 2. The van der Waals surface area contributed by atoms with Gasteiger partial charge in [-0.05, 0) is 32.9 Å². The fourth-order valence-corrected chi connectivity index (χ4v) is 4.49. The molecule has 184 valence electrons. The molecule has 0 bridgehead atoms. The maximum Gasteiger partial charge on any atom is 0.410 e. The number of hydrogen-bond acceptors (Lipinski definition) is 5. The van der Waals surface area contributed by atoms with Gasteiger partial charge in [0, 0.05) is 36.8 Å². The number of carbonyl (C=O) groups excluding carboxylic acids is 2. The van der Waals surface area contributed by atoms with Gasteiger partial charge in [-0.3, -0.25) is 4.79 Å². The molecule has 0 atom stereocenters. The van der Waals surface area contributed by atoms with Gasteiger partial charge in [-0.15, -0.1) is 0 Å². The second-order valence-electron chi connectivity index (χ2n) is 9.37. The third-order valence-electron chi connectivity index (χ3n) is 5.68. The first kappa shape index (κ1) is 24.9. The molecule has 4 rings (SSSR count). The van der Waals surface area contributed by atoms with Gasteiger partial charge < -0.3 is 25.3 Å². The molecule has 0 saturated heterocycles. The van der Waals surface area contributed by atoms with Gasteiger partial charge >= 0.3 is 6.09 Å². The molecule has 1 aliphatic heterocycles. The summed E-state index contributed by atoms with van der Waals surface area (Å²) < 4.78 is 7.23. The monoisotopic (exact) mass is 515 g/mol. The Kier molecular flexibility index (Phi) is 6.71. The number of halogens is 2. The average molecular weight is 516 g/mol. The fourth-order valence-electron chi connectivity index (χ4n) is 3.99. The number of nitrogen functional groups attached to an aromatic ring is 1. The fraction of sp³-hybridized carbons (Fsp3) is 0.320. The molecular weight excluding hydrogens is 489 g/mol. The van der Waals surface area contributed by atoms with Gasteiger partial charge in [-0.25, -0.2) is 9.78 Å². The quantitative estimate of drug-likeness (QED) is 0.447. The lowest BCUT2D eigenvalue weighted by molar-refractivity contribution is 0.0220. The third kappa shape index (κ3) is 5.09. The van der Waals surface area contributed by atoms with Gasteiger partial charge in [0.05, 0.1) is 33.7 Å². The van der Waals surface area contributed by atoms with Gasteiger partial charge in [0.25, 0.3) is 5.91 Å². The van der Waals surface area contributed by atoms with Crippen molar-refractivity contribution in [1.29, 1.82) is 0 Å². The van der Waals surface area contributed by atoms with Gasteiger partial charge in [-0.2, -0.15) is 0 Å². The average Bonchev–Trinajstić information content (AvgIpc) is 3.12. The minimum Gasteiger partial charge on any atom is -0.444 e. The highest BCUT2D eigenvalue weighted by Gasteiger charge is 2.30. The van der Waals surface area contributed by atoms with E-state index in [1.54, 1.807) is 40.8 Å². The number of hydrogen-bond donors (Lipinski definition) is 2. The highest BCUT2D eigenvalue weighted by atomic mass is 35.5. The summed E-state index contributed by atoms with van der Waals surface area (Å²) in [5.74, 6) is -0.187. The molecular formula is C25H27Cl2N5O3. The molecule has 2 heterocycles. The van der Waals surface area contributed by atoms with E-state index in [0.717, 1.165) is 5.69 Å². The number of nitrogens with one attached hydrogen (secondary N) is 1. The minimum absolute atomic E-state index is 0.226. The van der Waals surface area contributed by atoms with E-state index in [1.165, 1.54) is 0 Å². The van der Waals surface area contributed by atoms with Crippen LogP contribution in [0.3, 0.4) is 0 Å². The zero-order chi connectivity index (χ0) is 25.5. The molecule has 0 fully saturated rings. The van der Waals surface area contributed by atoms with Crippen molar-refractivity contribution in [2.75, 3.05) is 17.6 Å². The molecule has 1 aliphatic rings. The third-order valence-corrected chi connectivity index (χ3v) is 6.51. The van der Waals surface area contributed by atoms with E-state index in [0.29, 0.717) is 51.2 Å². The van der Waals surface area contributed by atoms with Crippen molar-refractivity contribution in [2.45, 2.75) is 39.3 Å². The first-order valence-electron chi connectivity index (χ1n) is 11.1. The van der Waals surface area contributed by atoms with Gasteiger partial charge in [0.15, 0.2) is 5.82 Å². The number of imidazole rings is 1. The summed E-state index contributed by atoms with van der Waals surface area (Å²) in [6.07, 6.45) is 0.166. The van der Waals surface area contributed by atoms with Crippen molar-refractivity contribution < 1.29 is 14.3 Å². The summed E-state index contributed by atoms with van der Waals surface area (Å²) in [6, 6.07) is 10.6. The summed E-state index contributed by atoms with van der Waals surface area (Å²) in [5, 5.41) is 3.58. The molecule has 0 saturated carbocycles. The maximum atomic E-state index is 13.2. The van der Waals surface area contributed by atoms with Crippen LogP contribution in [-0.2, 0) is 24.8 Å². The van der Waals surface area contributed by atoms with Crippen LogP contribution in [0.25, 0.3) is 11.1 Å². The minimum atomic E-state index is -0.587. The molecule has 1 aromatic heterocycles. The molecule has 35 heavy (non-hydrogen) atoms. The van der Waals surface area contributed by atoms with Crippen molar-refractivity contribution in [2.24, 2.45) is 7.05 Å². The predicted octanol–water partition coefficient (Wildman–Crippen LogP) is 5.52. The molecule has 2 aromatic carbocycles. The number of ether oxygens (including phenoxy) is 1. The number of amides is 2. The van der Waals surface area contributed by atoms with Gasteiger partial charge in [0.1, 0.15) is 5.60 Å². The van der Waals surface area contributed by atoms with Crippen molar-refractivity contribution in [1.82, 2.24) is 14.5 Å². The van der Waals surface area contributed by atoms with E-state index in [-0.39, 0.29) is 12.4 Å². The van der Waals surface area contributed by atoms with Crippen molar-refractivity contribution in [3.63, 3.8) is 0 Å². The molecule has 2 amide bonds. The van der Waals surface area contributed by atoms with Gasteiger partial charge in [-0.1, -0.05) is 47.5 Å². The lowest BCUT2D eigenvalue weighted by Gasteiger charge is -2.29. The summed E-state index contributed by atoms with van der Waals surface area (Å²) >= 11 is 13.0. The van der Waals surface area contributed by atoms with Crippen LogP contribution < -0.4 is 11.1 Å². The van der Waals surface area contributed by atoms with Crippen LogP contribution in [0.2, 0.25) is 10.0 Å². The normalized spacial score (nSPS) is 13.4. The van der Waals surface area contributed by atoms with Crippen LogP contribution in [0.4, 0.5) is 16.2 Å². The summed E-state index contributed by atoms with van der Waals surface area (Å²) in [7, 11) is 1.79. The number of carbonyl (C=O) groups is 2. The summed E-state index contributed by atoms with van der Waals surface area (Å²) in [5.41, 5.74) is 9.10. The van der Waals surface area contributed by atoms with Crippen molar-refractivity contribution >= 4 is 46.6 Å². The SMILES string of the molecule is Cn1c(C(=O)Nc2cccc(-c3cccc(N)c3Cl)c2Cl)nc2c1CCN(C(=O)OC(C)(C)C)C2. The predicted molar refractivity (Wildman–Crippen MR) is 138 cm³/mol. The second kappa shape index (κ2) is 9.43. The lowest BCUT2D eigenvalue weighted by Crippen LogP contribution is -2.40. The number of nitrogens with zero attached hydrogens (tertiary/aromatic N) is 3. The van der Waals surface area contributed by atoms with E-state index in [1.807, 2.05) is 32.9 Å². The molecule has 0 aliphatic carbocycles. The van der Waals surface area contributed by atoms with Crippen LogP contribution in [0.5, 0.6) is 0 Å². The Morgan fingerprint density at radius 3 is 2.43 bits per heavy atom. The topological polar surface area (TPSA) is 102 Å². The molecule has 3 N–H and O–H groups in total. The highest BCUT2D eigenvalue weighted by molar-refractivity contribution is 6.39. The Labute approximate surface area is 214 Å². The lowest BCUT2D eigenvalue weighted by atomic mass is 10.0. The number of fused-ring (bicyclic) bond motifs is 1. The standard InChI is InChI=1S/C25H27Cl2N5O3/c1-25(2,3)35-24(34)32-12-11-19-18(13-32)29-22(31(19)4)23(33)30-17-10-6-8-15(21(17)27)14-7-5-9-16(28)20(14)26/h5-10H,11-13,28H2,1-4H3,(H,30,33). The van der Waals surface area contributed by atoms with Crippen molar-refractivity contribution in [3.05, 3.63) is 63.7 Å². The largest absolute Gasteiger partial charge is 0.444 e. The Hall–Kier alpha value is -3.23. The number of aromatic nitrogens is 2. The Bertz CT molecular complexity index is 1310. The Balaban J connectivity index is 1.57. The van der Waals surface area contributed by atoms with E-state index in [2.05, 4.69) is 10.3 Å². The molecule has 0 spiro atoms. The van der Waals surface area contributed by atoms with E-state index < -0.39 is 17.6 Å². The van der Waals surface area contributed by atoms with Crippen LogP contribution in [0, 0.1) is 0 Å². The Morgan fingerprint density at radius 1 is 1.09 bits per heavy atom. The molecule has 0 radical (unpaired) electrons. The second-order valence-corrected chi connectivity index (χ2v) is 10.1. The maximum absolute atomic E-state index is 13.2. The van der Waals surface area contributed by atoms with Gasteiger partial charge in [0.2, 0.25) is 0 Å². The molecule has 0 unspecified atom stereocenters. The molecule has 8 nitrogen and oxygen atoms in total. The van der Waals surface area contributed by atoms with Crippen LogP contribution in [-0.4, -0.2) is 38.6 Å². The van der Waals surface area contributed by atoms with Crippen molar-refractivity contribution in [3.8, 4) is 11.1 Å². The molecule has 3 aromatic rings.